The topological polar surface area (TPSA) is 73.9 Å². The first-order valence-corrected chi connectivity index (χ1v) is 7.56. The van der Waals surface area contributed by atoms with Gasteiger partial charge in [-0.15, -0.1) is 5.10 Å². The van der Waals surface area contributed by atoms with E-state index in [1.54, 1.807) is 12.4 Å². The number of hydrogen-bond donors (Lipinski definition) is 1. The molecule has 2 aromatic heterocycles. The Morgan fingerprint density at radius 2 is 2.15 bits per heavy atom. The maximum Gasteiger partial charge on any atom is 0.137 e. The average Bonchev–Trinajstić information content (AvgIpc) is 2.94. The lowest BCUT2D eigenvalue weighted by Gasteiger charge is -2.13. The van der Waals surface area contributed by atoms with Gasteiger partial charge in [0.25, 0.3) is 0 Å². The van der Waals surface area contributed by atoms with Crippen LogP contribution in [0.2, 0.25) is 0 Å². The van der Waals surface area contributed by atoms with E-state index in [9.17, 15) is 0 Å². The van der Waals surface area contributed by atoms with Crippen LogP contribution in [0.15, 0.2) is 18.5 Å². The molecule has 0 spiro atoms. The minimum absolute atomic E-state index is 0.259. The molecule has 0 aliphatic heterocycles. The van der Waals surface area contributed by atoms with Crippen LogP contribution in [0, 0.1) is 0 Å². The van der Waals surface area contributed by atoms with Crippen molar-refractivity contribution >= 4 is 11.5 Å². The summed E-state index contributed by atoms with van der Waals surface area (Å²) in [7, 11) is 0. The normalized spacial score (nSPS) is 12.7. The molecule has 1 unspecified atom stereocenters. The van der Waals surface area contributed by atoms with Gasteiger partial charge in [0.15, 0.2) is 0 Å². The Hall–Kier alpha value is -1.53. The van der Waals surface area contributed by atoms with Gasteiger partial charge in [-0.05, 0) is 35.5 Å². The van der Waals surface area contributed by atoms with E-state index < -0.39 is 0 Å². The molecule has 5 nitrogen and oxygen atoms in total. The Labute approximate surface area is 123 Å². The summed E-state index contributed by atoms with van der Waals surface area (Å²) in [6.45, 7) is 6.93. The number of nitrogens with two attached hydrogens (primary N) is 1. The van der Waals surface area contributed by atoms with Gasteiger partial charge in [0.1, 0.15) is 5.75 Å². The molecule has 6 heteroatoms. The SMILES string of the molecule is CCCOc1cncc(C(N)c2snnc2C(C)C)c1. The fourth-order valence-electron chi connectivity index (χ4n) is 1.88. The van der Waals surface area contributed by atoms with Crippen LogP contribution in [-0.4, -0.2) is 21.2 Å². The summed E-state index contributed by atoms with van der Waals surface area (Å²) in [5.41, 5.74) is 8.22. The molecule has 2 heterocycles. The maximum absolute atomic E-state index is 6.33. The predicted octanol–water partition coefficient (Wildman–Crippen LogP) is 2.89. The molecule has 0 aliphatic carbocycles. The van der Waals surface area contributed by atoms with E-state index in [0.717, 1.165) is 28.3 Å². The number of ether oxygens (including phenoxy) is 1. The molecule has 0 saturated heterocycles. The monoisotopic (exact) mass is 292 g/mol. The molecule has 0 amide bonds. The molecule has 2 N–H and O–H groups in total. The first-order chi connectivity index (χ1) is 9.63. The predicted molar refractivity (Wildman–Crippen MR) is 80.1 cm³/mol. The Morgan fingerprint density at radius 1 is 1.35 bits per heavy atom. The zero-order chi connectivity index (χ0) is 14.5. The number of hydrogen-bond acceptors (Lipinski definition) is 6. The van der Waals surface area contributed by atoms with Crippen molar-refractivity contribution in [1.29, 1.82) is 0 Å². The molecule has 0 fully saturated rings. The lowest BCUT2D eigenvalue weighted by atomic mass is 10.0. The molecule has 1 atom stereocenters. The second-order valence-electron chi connectivity index (χ2n) is 4.96. The average molecular weight is 292 g/mol. The van der Waals surface area contributed by atoms with E-state index in [1.165, 1.54) is 11.5 Å². The second kappa shape index (κ2) is 6.76. The van der Waals surface area contributed by atoms with Gasteiger partial charge in [-0.3, -0.25) is 4.98 Å². The third-order valence-corrected chi connectivity index (χ3v) is 3.76. The van der Waals surface area contributed by atoms with Crippen LogP contribution in [0.3, 0.4) is 0 Å². The second-order valence-corrected chi connectivity index (χ2v) is 5.74. The molecule has 108 valence electrons. The van der Waals surface area contributed by atoms with Crippen molar-refractivity contribution in [3.63, 3.8) is 0 Å². The van der Waals surface area contributed by atoms with E-state index in [-0.39, 0.29) is 6.04 Å². The van der Waals surface area contributed by atoms with Crippen molar-refractivity contribution < 1.29 is 4.74 Å². The zero-order valence-electron chi connectivity index (χ0n) is 12.0. The number of aromatic nitrogens is 3. The Morgan fingerprint density at radius 3 is 2.85 bits per heavy atom. The van der Waals surface area contributed by atoms with Crippen molar-refractivity contribution in [2.24, 2.45) is 5.73 Å². The van der Waals surface area contributed by atoms with Gasteiger partial charge in [-0.2, -0.15) is 0 Å². The van der Waals surface area contributed by atoms with Gasteiger partial charge in [0.2, 0.25) is 0 Å². The summed E-state index contributed by atoms with van der Waals surface area (Å²) >= 11 is 1.35. The van der Waals surface area contributed by atoms with Gasteiger partial charge in [-0.25, -0.2) is 0 Å². The highest BCUT2D eigenvalue weighted by atomic mass is 32.1. The maximum atomic E-state index is 6.33. The minimum Gasteiger partial charge on any atom is -0.492 e. The van der Waals surface area contributed by atoms with Crippen molar-refractivity contribution in [3.05, 3.63) is 34.6 Å². The fraction of sp³-hybridized carbons (Fsp3) is 0.500. The lowest BCUT2D eigenvalue weighted by Crippen LogP contribution is -2.13. The van der Waals surface area contributed by atoms with Gasteiger partial charge in [0.05, 0.1) is 29.4 Å². The van der Waals surface area contributed by atoms with Crippen LogP contribution in [0.1, 0.15) is 55.3 Å². The standard InChI is InChI=1S/C14H20N4OS/c1-4-5-19-11-6-10(7-16-8-11)12(15)14-13(9(2)3)17-18-20-14/h6-9,12H,4-5,15H2,1-3H3. The molecular weight excluding hydrogens is 272 g/mol. The third-order valence-electron chi connectivity index (χ3n) is 2.94. The summed E-state index contributed by atoms with van der Waals surface area (Å²) in [6, 6.07) is 1.68. The largest absolute Gasteiger partial charge is 0.492 e. The van der Waals surface area contributed by atoms with Crippen molar-refractivity contribution in [2.45, 2.75) is 39.2 Å². The Kier molecular flexibility index (Phi) is 5.03. The zero-order valence-corrected chi connectivity index (χ0v) is 12.9. The first-order valence-electron chi connectivity index (χ1n) is 6.79. The molecule has 2 rings (SSSR count). The van der Waals surface area contributed by atoms with Crippen LogP contribution in [0.5, 0.6) is 5.75 Å². The number of rotatable bonds is 6. The van der Waals surface area contributed by atoms with Crippen molar-refractivity contribution in [3.8, 4) is 5.75 Å². The van der Waals surface area contributed by atoms with E-state index in [0.29, 0.717) is 12.5 Å². The van der Waals surface area contributed by atoms with Crippen LogP contribution in [-0.2, 0) is 0 Å². The summed E-state index contributed by atoms with van der Waals surface area (Å²) in [5.74, 6) is 1.06. The fourth-order valence-corrected chi connectivity index (χ4v) is 2.71. The van der Waals surface area contributed by atoms with E-state index in [1.807, 2.05) is 6.07 Å². The van der Waals surface area contributed by atoms with E-state index in [2.05, 4.69) is 35.3 Å². The molecule has 0 aliphatic rings. The van der Waals surface area contributed by atoms with Crippen LogP contribution in [0.25, 0.3) is 0 Å². The quantitative estimate of drug-likeness (QED) is 0.886. The molecule has 20 heavy (non-hydrogen) atoms. The molecule has 0 saturated carbocycles. The molecule has 0 radical (unpaired) electrons. The van der Waals surface area contributed by atoms with E-state index >= 15 is 0 Å². The highest BCUT2D eigenvalue weighted by Gasteiger charge is 2.20. The summed E-state index contributed by atoms with van der Waals surface area (Å²) < 4.78 is 9.62. The summed E-state index contributed by atoms with van der Waals surface area (Å²) in [4.78, 5) is 5.20. The molecule has 2 aromatic rings. The van der Waals surface area contributed by atoms with Crippen molar-refractivity contribution in [2.75, 3.05) is 6.61 Å². The highest BCUT2D eigenvalue weighted by molar-refractivity contribution is 7.05. The van der Waals surface area contributed by atoms with Crippen LogP contribution < -0.4 is 10.5 Å². The number of nitrogens with zero attached hydrogens (tertiary/aromatic N) is 3. The van der Waals surface area contributed by atoms with Gasteiger partial charge in [-0.1, -0.05) is 25.3 Å². The smallest absolute Gasteiger partial charge is 0.137 e. The molecule has 0 bridgehead atoms. The van der Waals surface area contributed by atoms with Gasteiger partial charge in [0, 0.05) is 6.20 Å². The van der Waals surface area contributed by atoms with Gasteiger partial charge < -0.3 is 10.5 Å². The molecular formula is C14H20N4OS. The number of pyridine rings is 1. The summed E-state index contributed by atoms with van der Waals surface area (Å²) in [5, 5.41) is 4.17. The van der Waals surface area contributed by atoms with E-state index in [4.69, 9.17) is 10.5 Å². The highest BCUT2D eigenvalue weighted by Crippen LogP contribution is 2.29. The van der Waals surface area contributed by atoms with Crippen molar-refractivity contribution in [1.82, 2.24) is 14.6 Å². The Balaban J connectivity index is 2.24. The molecule has 0 aromatic carbocycles. The first kappa shape index (κ1) is 14.9. The summed E-state index contributed by atoms with van der Waals surface area (Å²) in [6.07, 6.45) is 4.44. The lowest BCUT2D eigenvalue weighted by molar-refractivity contribution is 0.315. The van der Waals surface area contributed by atoms with Gasteiger partial charge >= 0.3 is 0 Å². The Bertz CT molecular complexity index is 556. The van der Waals surface area contributed by atoms with Crippen LogP contribution >= 0.6 is 11.5 Å². The van der Waals surface area contributed by atoms with Crippen LogP contribution in [0.4, 0.5) is 0 Å². The minimum atomic E-state index is -0.259. The third kappa shape index (κ3) is 3.32.